The molecule has 1 atom stereocenters. The molecule has 0 aliphatic rings. The molecule has 3 N–H and O–H groups in total. The number of para-hydroxylation sites is 1. The highest BCUT2D eigenvalue weighted by molar-refractivity contribution is 9.10. The lowest BCUT2D eigenvalue weighted by Crippen LogP contribution is -2.17. The molecule has 0 saturated heterocycles. The molecule has 0 aromatic heterocycles. The SMILES string of the molecule is COc1c(Br)cccc1C(CN)CC(=O)O. The Bertz CT molecular complexity index is 381. The van der Waals surface area contributed by atoms with E-state index in [1.807, 2.05) is 18.2 Å². The van der Waals surface area contributed by atoms with Crippen molar-refractivity contribution in [3.8, 4) is 5.75 Å². The molecule has 0 fully saturated rings. The molecule has 0 heterocycles. The Morgan fingerprint density at radius 3 is 2.81 bits per heavy atom. The average molecular weight is 288 g/mol. The van der Waals surface area contributed by atoms with Gasteiger partial charge in [0.25, 0.3) is 0 Å². The van der Waals surface area contributed by atoms with Crippen molar-refractivity contribution in [2.75, 3.05) is 13.7 Å². The lowest BCUT2D eigenvalue weighted by Gasteiger charge is -2.17. The van der Waals surface area contributed by atoms with Crippen LogP contribution in [0.3, 0.4) is 0 Å². The number of rotatable bonds is 5. The van der Waals surface area contributed by atoms with Gasteiger partial charge >= 0.3 is 5.97 Å². The molecule has 4 nitrogen and oxygen atoms in total. The van der Waals surface area contributed by atoms with Crippen molar-refractivity contribution in [1.82, 2.24) is 0 Å². The van der Waals surface area contributed by atoms with Crippen molar-refractivity contribution < 1.29 is 14.6 Å². The molecule has 0 radical (unpaired) electrons. The zero-order chi connectivity index (χ0) is 12.1. The van der Waals surface area contributed by atoms with Crippen LogP contribution < -0.4 is 10.5 Å². The highest BCUT2D eigenvalue weighted by Crippen LogP contribution is 2.34. The van der Waals surface area contributed by atoms with Crippen LogP contribution in [0.4, 0.5) is 0 Å². The van der Waals surface area contributed by atoms with E-state index in [4.69, 9.17) is 15.6 Å². The molecule has 1 rings (SSSR count). The van der Waals surface area contributed by atoms with Crippen LogP contribution in [0.2, 0.25) is 0 Å². The van der Waals surface area contributed by atoms with Crippen LogP contribution in [-0.4, -0.2) is 24.7 Å². The Morgan fingerprint density at radius 1 is 1.62 bits per heavy atom. The van der Waals surface area contributed by atoms with E-state index in [1.54, 1.807) is 7.11 Å². The third kappa shape index (κ3) is 2.96. The summed E-state index contributed by atoms with van der Waals surface area (Å²) in [7, 11) is 1.55. The van der Waals surface area contributed by atoms with Gasteiger partial charge in [0.1, 0.15) is 5.75 Å². The average Bonchev–Trinajstić information content (AvgIpc) is 2.25. The number of carboxylic acid groups (broad SMARTS) is 1. The Balaban J connectivity index is 3.08. The summed E-state index contributed by atoms with van der Waals surface area (Å²) >= 11 is 3.36. The molecule has 16 heavy (non-hydrogen) atoms. The van der Waals surface area contributed by atoms with E-state index in [0.717, 1.165) is 10.0 Å². The molecule has 0 aliphatic carbocycles. The second-order valence-corrected chi connectivity index (χ2v) is 4.25. The predicted octanol–water partition coefficient (Wildman–Crippen LogP) is 1.97. The van der Waals surface area contributed by atoms with Crippen molar-refractivity contribution in [2.24, 2.45) is 5.73 Å². The molecule has 0 saturated carbocycles. The van der Waals surface area contributed by atoms with Gasteiger partial charge in [0.2, 0.25) is 0 Å². The molecule has 5 heteroatoms. The quantitative estimate of drug-likeness (QED) is 0.869. The van der Waals surface area contributed by atoms with Gasteiger partial charge in [-0.25, -0.2) is 0 Å². The van der Waals surface area contributed by atoms with Crippen LogP contribution in [0.1, 0.15) is 17.9 Å². The number of halogens is 1. The maximum absolute atomic E-state index is 10.7. The lowest BCUT2D eigenvalue weighted by atomic mass is 9.95. The molecular formula is C11H14BrNO3. The summed E-state index contributed by atoms with van der Waals surface area (Å²) in [5.74, 6) is -0.443. The third-order valence-electron chi connectivity index (χ3n) is 2.35. The Hall–Kier alpha value is -1.07. The normalized spacial score (nSPS) is 12.2. The summed E-state index contributed by atoms with van der Waals surface area (Å²) < 4.78 is 6.05. The van der Waals surface area contributed by atoms with Gasteiger partial charge in [-0.2, -0.15) is 0 Å². The Morgan fingerprint density at radius 2 is 2.31 bits per heavy atom. The first-order valence-corrected chi connectivity index (χ1v) is 5.63. The summed E-state index contributed by atoms with van der Waals surface area (Å²) in [6.07, 6.45) is 0.00329. The monoisotopic (exact) mass is 287 g/mol. The predicted molar refractivity (Wildman–Crippen MR) is 64.7 cm³/mol. The minimum atomic E-state index is -0.863. The van der Waals surface area contributed by atoms with Gasteiger partial charge < -0.3 is 15.6 Å². The molecule has 1 aromatic carbocycles. The zero-order valence-electron chi connectivity index (χ0n) is 8.94. The molecule has 1 aromatic rings. The smallest absolute Gasteiger partial charge is 0.304 e. The highest BCUT2D eigenvalue weighted by Gasteiger charge is 2.19. The zero-order valence-corrected chi connectivity index (χ0v) is 10.5. The van der Waals surface area contributed by atoms with Crippen molar-refractivity contribution in [3.05, 3.63) is 28.2 Å². The van der Waals surface area contributed by atoms with Crippen LogP contribution in [0.25, 0.3) is 0 Å². The number of methoxy groups -OCH3 is 1. The van der Waals surface area contributed by atoms with Crippen molar-refractivity contribution in [2.45, 2.75) is 12.3 Å². The van der Waals surface area contributed by atoms with Gasteiger partial charge in [0.05, 0.1) is 18.0 Å². The van der Waals surface area contributed by atoms with Gasteiger partial charge in [-0.3, -0.25) is 4.79 Å². The minimum absolute atomic E-state index is 0.00329. The second kappa shape index (κ2) is 5.86. The van der Waals surface area contributed by atoms with Crippen molar-refractivity contribution in [1.29, 1.82) is 0 Å². The van der Waals surface area contributed by atoms with E-state index >= 15 is 0 Å². The van der Waals surface area contributed by atoms with Gasteiger partial charge in [-0.1, -0.05) is 12.1 Å². The van der Waals surface area contributed by atoms with Gasteiger partial charge in [0, 0.05) is 11.5 Å². The largest absolute Gasteiger partial charge is 0.495 e. The fraction of sp³-hybridized carbons (Fsp3) is 0.364. The topological polar surface area (TPSA) is 72.5 Å². The van der Waals surface area contributed by atoms with Crippen LogP contribution in [-0.2, 0) is 4.79 Å². The van der Waals surface area contributed by atoms with E-state index in [0.29, 0.717) is 5.75 Å². The summed E-state index contributed by atoms with van der Waals surface area (Å²) in [4.78, 5) is 10.7. The number of hydrogen-bond donors (Lipinski definition) is 2. The maximum atomic E-state index is 10.7. The van der Waals surface area contributed by atoms with E-state index in [9.17, 15) is 4.79 Å². The summed E-state index contributed by atoms with van der Waals surface area (Å²) in [6, 6.07) is 5.52. The van der Waals surface area contributed by atoms with Crippen molar-refractivity contribution >= 4 is 21.9 Å². The molecule has 0 amide bonds. The van der Waals surface area contributed by atoms with Crippen LogP contribution >= 0.6 is 15.9 Å². The molecule has 0 spiro atoms. The maximum Gasteiger partial charge on any atom is 0.304 e. The molecule has 0 aliphatic heterocycles. The number of carboxylic acids is 1. The van der Waals surface area contributed by atoms with Crippen LogP contribution in [0.15, 0.2) is 22.7 Å². The summed E-state index contributed by atoms with van der Waals surface area (Å²) in [5.41, 5.74) is 6.41. The molecular weight excluding hydrogens is 274 g/mol. The number of aliphatic carboxylic acids is 1. The van der Waals surface area contributed by atoms with Crippen molar-refractivity contribution in [3.63, 3.8) is 0 Å². The van der Waals surface area contributed by atoms with E-state index in [2.05, 4.69) is 15.9 Å². The van der Waals surface area contributed by atoms with Crippen LogP contribution in [0, 0.1) is 0 Å². The fourth-order valence-corrected chi connectivity index (χ4v) is 2.14. The minimum Gasteiger partial charge on any atom is -0.495 e. The Kier molecular flexibility index (Phi) is 4.76. The molecule has 0 bridgehead atoms. The van der Waals surface area contributed by atoms with Gasteiger partial charge in [-0.05, 0) is 28.5 Å². The Labute approximate surface area is 103 Å². The first-order valence-electron chi connectivity index (χ1n) is 4.84. The third-order valence-corrected chi connectivity index (χ3v) is 2.97. The fourth-order valence-electron chi connectivity index (χ4n) is 1.59. The van der Waals surface area contributed by atoms with E-state index in [1.165, 1.54) is 0 Å². The lowest BCUT2D eigenvalue weighted by molar-refractivity contribution is -0.137. The number of nitrogens with two attached hydrogens (primary N) is 1. The second-order valence-electron chi connectivity index (χ2n) is 3.39. The standard InChI is InChI=1S/C11H14BrNO3/c1-16-11-8(3-2-4-9(11)12)7(6-13)5-10(14)15/h2-4,7H,5-6,13H2,1H3,(H,14,15). The number of carbonyl (C=O) groups is 1. The summed E-state index contributed by atoms with van der Waals surface area (Å²) in [5, 5.41) is 8.80. The summed E-state index contributed by atoms with van der Waals surface area (Å²) in [6.45, 7) is 0.277. The number of hydrogen-bond acceptors (Lipinski definition) is 3. The molecule has 88 valence electrons. The van der Waals surface area contributed by atoms with Crippen LogP contribution in [0.5, 0.6) is 5.75 Å². The van der Waals surface area contributed by atoms with Gasteiger partial charge in [0.15, 0.2) is 0 Å². The number of benzene rings is 1. The first kappa shape index (κ1) is 13.0. The van der Waals surface area contributed by atoms with Gasteiger partial charge in [-0.15, -0.1) is 0 Å². The first-order chi connectivity index (χ1) is 7.60. The number of ether oxygens (including phenoxy) is 1. The van der Waals surface area contributed by atoms with E-state index in [-0.39, 0.29) is 18.9 Å². The molecule has 1 unspecified atom stereocenters. The highest BCUT2D eigenvalue weighted by atomic mass is 79.9. The van der Waals surface area contributed by atoms with E-state index < -0.39 is 5.97 Å².